The van der Waals surface area contributed by atoms with Crippen LogP contribution in [0.2, 0.25) is 0 Å². The van der Waals surface area contributed by atoms with Crippen LogP contribution >= 0.6 is 0 Å². The summed E-state index contributed by atoms with van der Waals surface area (Å²) in [5.41, 5.74) is 2.65. The molecule has 0 bridgehead atoms. The van der Waals surface area contributed by atoms with Crippen LogP contribution in [-0.4, -0.2) is 34.1 Å². The van der Waals surface area contributed by atoms with Gasteiger partial charge < -0.3 is 35.1 Å². The zero-order chi connectivity index (χ0) is 16.5. The number of aromatic nitrogens is 1. The van der Waals surface area contributed by atoms with Crippen LogP contribution in [0.5, 0.6) is 0 Å². The van der Waals surface area contributed by atoms with E-state index in [-0.39, 0.29) is 96.7 Å². The van der Waals surface area contributed by atoms with Gasteiger partial charge in [-0.05, 0) is 10.8 Å². The van der Waals surface area contributed by atoms with E-state index in [1.807, 2.05) is 12.1 Å². The first-order valence-corrected chi connectivity index (χ1v) is 8.51. The Kier molecular flexibility index (Phi) is 16.6. The third-order valence-corrected chi connectivity index (χ3v) is 4.52. The van der Waals surface area contributed by atoms with Crippen LogP contribution in [0, 0.1) is 0 Å². The van der Waals surface area contributed by atoms with Gasteiger partial charge in [-0.1, -0.05) is 95.5 Å². The predicted octanol–water partition coefficient (Wildman–Crippen LogP) is -6.31. The van der Waals surface area contributed by atoms with Crippen LogP contribution in [0.4, 0.5) is 0 Å². The van der Waals surface area contributed by atoms with Crippen molar-refractivity contribution in [2.24, 2.45) is 0 Å². The van der Waals surface area contributed by atoms with E-state index in [1.165, 1.54) is 30.0 Å². The number of para-hydroxylation sites is 2. The number of hydrogen-bond donors (Lipinski definition) is 0. The van der Waals surface area contributed by atoms with Gasteiger partial charge in [0, 0.05) is 0 Å². The molecule has 1 fully saturated rings. The van der Waals surface area contributed by atoms with Gasteiger partial charge in [0.2, 0.25) is 0 Å². The monoisotopic (exact) mass is 414 g/mol. The Balaban J connectivity index is -0.000000389. The Labute approximate surface area is 222 Å². The number of hydrogen-bond acceptors (Lipinski definition) is 0. The molecule has 0 unspecified atom stereocenters. The smallest absolute Gasteiger partial charge is 1.00 e. The Bertz CT molecular complexity index is 758. The summed E-state index contributed by atoms with van der Waals surface area (Å²) in [6, 6.07) is 16.5. The first-order valence-electron chi connectivity index (χ1n) is 8.51. The molecule has 0 radical (unpaired) electrons. The molecule has 1 aliphatic heterocycles. The molecular weight excluding hydrogens is 389 g/mol. The number of rotatable bonds is 0. The van der Waals surface area contributed by atoms with Gasteiger partial charge in [0.1, 0.15) is 0 Å². The Morgan fingerprint density at radius 3 is 1.36 bits per heavy atom. The van der Waals surface area contributed by atoms with Crippen molar-refractivity contribution in [1.29, 1.82) is 0 Å². The summed E-state index contributed by atoms with van der Waals surface area (Å²) in [6.07, 6.45) is 3.86. The zero-order valence-corrected chi connectivity index (χ0v) is 21.0. The van der Waals surface area contributed by atoms with Gasteiger partial charge in [0.25, 0.3) is 0 Å². The molecule has 1 saturated heterocycles. The second-order valence-electron chi connectivity index (χ2n) is 7.74. The van der Waals surface area contributed by atoms with E-state index in [1.54, 1.807) is 0 Å². The first kappa shape index (κ1) is 33.4. The predicted molar refractivity (Wildman–Crippen MR) is 106 cm³/mol. The molecule has 2 heterocycles. The summed E-state index contributed by atoms with van der Waals surface area (Å²) in [5, 5.41) is 7.24. The normalized spacial score (nSPS) is 15.9. The molecule has 0 atom stereocenters. The molecule has 2 nitrogen and oxygen atoms in total. The fourth-order valence-electron chi connectivity index (χ4n) is 3.61. The number of benzene rings is 2. The standard InChI is InChI=1S/C12H8N.C9H18N.2ClH.2Li.Mg/c1-3-7-11-9(5-1)10-6-2-4-8-12(10)13-11;1-8(2)6-5-7-9(3,4)10-8;;;;;/h1-8H;5-7H2,1-4H3;2*1H;;;/q2*-1;;;2*+1;+2/p-2. The molecule has 138 valence electrons. The maximum atomic E-state index is 4.75. The van der Waals surface area contributed by atoms with Crippen molar-refractivity contribution in [3.8, 4) is 0 Å². The molecule has 1 aliphatic rings. The van der Waals surface area contributed by atoms with Crippen molar-refractivity contribution in [2.45, 2.75) is 58.0 Å². The van der Waals surface area contributed by atoms with E-state index in [0.29, 0.717) is 0 Å². The molecule has 0 saturated carbocycles. The number of nitrogens with zero attached hydrogens (tertiary/aromatic N) is 2. The van der Waals surface area contributed by atoms with Crippen LogP contribution in [0.3, 0.4) is 0 Å². The molecule has 0 N–H and O–H groups in total. The minimum absolute atomic E-state index is 0. The van der Waals surface area contributed by atoms with Crippen LogP contribution < -0.4 is 67.5 Å². The first-order chi connectivity index (χ1) is 10.9. The van der Waals surface area contributed by atoms with Gasteiger partial charge in [-0.25, -0.2) is 0 Å². The third kappa shape index (κ3) is 8.85. The van der Waals surface area contributed by atoms with E-state index in [2.05, 4.69) is 69.1 Å². The molecule has 0 amide bonds. The number of halogens is 2. The van der Waals surface area contributed by atoms with E-state index in [0.717, 1.165) is 11.0 Å². The molecule has 0 spiro atoms. The fourth-order valence-corrected chi connectivity index (χ4v) is 3.61. The van der Waals surface area contributed by atoms with Gasteiger partial charge >= 0.3 is 60.8 Å². The van der Waals surface area contributed by atoms with E-state index in [4.69, 9.17) is 5.32 Å². The van der Waals surface area contributed by atoms with Gasteiger partial charge in [0.05, 0.1) is 0 Å². The summed E-state index contributed by atoms with van der Waals surface area (Å²) < 4.78 is 0. The van der Waals surface area contributed by atoms with Crippen molar-refractivity contribution in [1.82, 2.24) is 4.98 Å². The topological polar surface area (TPSA) is 28.2 Å². The van der Waals surface area contributed by atoms with Crippen molar-refractivity contribution in [3.05, 3.63) is 53.8 Å². The van der Waals surface area contributed by atoms with Gasteiger partial charge in [-0.15, -0.1) is 22.1 Å². The van der Waals surface area contributed by atoms with Crippen LogP contribution in [0.15, 0.2) is 48.5 Å². The molecular formula is C21H26Cl2Li2MgN2. The average molecular weight is 416 g/mol. The summed E-state index contributed by atoms with van der Waals surface area (Å²) in [4.78, 5) is 4.52. The van der Waals surface area contributed by atoms with Crippen LogP contribution in [0.1, 0.15) is 47.0 Å². The maximum absolute atomic E-state index is 4.75. The number of fused-ring (bicyclic) bond motifs is 3. The van der Waals surface area contributed by atoms with E-state index < -0.39 is 0 Å². The summed E-state index contributed by atoms with van der Waals surface area (Å²) >= 11 is 0. The summed E-state index contributed by atoms with van der Waals surface area (Å²) in [5.74, 6) is 0. The summed E-state index contributed by atoms with van der Waals surface area (Å²) in [6.45, 7) is 8.92. The average Bonchev–Trinajstić information content (AvgIpc) is 2.84. The Hall–Kier alpha value is 0.741. The molecule has 1 aromatic heterocycles. The Morgan fingerprint density at radius 2 is 1.04 bits per heavy atom. The largest absolute Gasteiger partial charge is 2.00 e. The summed E-state index contributed by atoms with van der Waals surface area (Å²) in [7, 11) is 0. The van der Waals surface area contributed by atoms with Crippen molar-refractivity contribution < 1.29 is 62.5 Å². The molecule has 7 heteroatoms. The third-order valence-electron chi connectivity index (χ3n) is 4.52. The van der Waals surface area contributed by atoms with Crippen molar-refractivity contribution in [3.63, 3.8) is 0 Å². The van der Waals surface area contributed by atoms with Gasteiger partial charge in [0.15, 0.2) is 0 Å². The minimum Gasteiger partial charge on any atom is -1.00 e. The zero-order valence-electron chi connectivity index (χ0n) is 18.1. The molecule has 0 aliphatic carbocycles. The second kappa shape index (κ2) is 13.9. The number of piperidine rings is 1. The van der Waals surface area contributed by atoms with Crippen molar-refractivity contribution >= 4 is 44.9 Å². The minimum atomic E-state index is 0. The van der Waals surface area contributed by atoms with E-state index in [9.17, 15) is 0 Å². The maximum Gasteiger partial charge on any atom is 2.00 e. The molecule has 28 heavy (non-hydrogen) atoms. The molecule has 2 aromatic carbocycles. The molecule has 4 rings (SSSR count). The molecule has 3 aromatic rings. The van der Waals surface area contributed by atoms with Gasteiger partial charge in [-0.2, -0.15) is 0 Å². The van der Waals surface area contributed by atoms with E-state index >= 15 is 0 Å². The van der Waals surface area contributed by atoms with Crippen molar-refractivity contribution in [2.75, 3.05) is 0 Å². The van der Waals surface area contributed by atoms with Crippen LogP contribution in [-0.2, 0) is 0 Å². The Morgan fingerprint density at radius 1 is 0.679 bits per heavy atom. The fraction of sp³-hybridized carbons (Fsp3) is 0.429. The van der Waals surface area contributed by atoms with Gasteiger partial charge in [-0.3, -0.25) is 0 Å². The second-order valence-corrected chi connectivity index (χ2v) is 7.74. The quantitative estimate of drug-likeness (QED) is 0.336. The SMILES string of the molecule is CC1(C)CCCC(C)(C)[N-]1.[Cl-].[Cl-].[Li+].[Li+].[Mg+2].c1ccc2c(c1)[n-]c1ccccc12. The van der Waals surface area contributed by atoms with Crippen LogP contribution in [0.25, 0.3) is 27.1 Å².